The Morgan fingerprint density at radius 3 is 2.35 bits per heavy atom. The zero-order valence-corrected chi connectivity index (χ0v) is 12.6. The van der Waals surface area contributed by atoms with Gasteiger partial charge in [0.2, 0.25) is 0 Å². The molecule has 0 aromatic heterocycles. The van der Waals surface area contributed by atoms with Crippen LogP contribution in [0.5, 0.6) is 5.75 Å². The lowest BCUT2D eigenvalue weighted by Gasteiger charge is -2.23. The second-order valence-electron chi connectivity index (χ2n) is 4.96. The topological polar surface area (TPSA) is 32.3 Å². The summed E-state index contributed by atoms with van der Waals surface area (Å²) in [6.07, 6.45) is 0.912. The summed E-state index contributed by atoms with van der Waals surface area (Å²) in [5.41, 5.74) is 2.12. The van der Waals surface area contributed by atoms with Gasteiger partial charge in [0.15, 0.2) is 0 Å². The standard InChI is InChI=1S/C17H20ClNO/c1-3-16(15-6-4-5-7-17(15)20)19-12(2)13-8-10-14(18)11-9-13/h4-12,16,19-20H,3H2,1-2H3/t12-,16?/m1/s1. The Hall–Kier alpha value is -1.51. The van der Waals surface area contributed by atoms with Crippen LogP contribution in [0.1, 0.15) is 43.5 Å². The van der Waals surface area contributed by atoms with Crippen molar-refractivity contribution in [3.05, 3.63) is 64.7 Å². The molecule has 2 aromatic carbocycles. The highest BCUT2D eigenvalue weighted by atomic mass is 35.5. The van der Waals surface area contributed by atoms with E-state index in [-0.39, 0.29) is 12.1 Å². The molecule has 0 saturated carbocycles. The Labute approximate surface area is 125 Å². The van der Waals surface area contributed by atoms with Crippen LogP contribution < -0.4 is 5.32 Å². The molecule has 106 valence electrons. The summed E-state index contributed by atoms with van der Waals surface area (Å²) in [6, 6.07) is 15.7. The fraction of sp³-hybridized carbons (Fsp3) is 0.294. The molecule has 2 nitrogen and oxygen atoms in total. The Morgan fingerprint density at radius 2 is 1.75 bits per heavy atom. The molecular formula is C17H20ClNO. The van der Waals surface area contributed by atoms with Crippen LogP contribution in [-0.2, 0) is 0 Å². The molecule has 2 aromatic rings. The van der Waals surface area contributed by atoms with Gasteiger partial charge in [-0.25, -0.2) is 0 Å². The van der Waals surface area contributed by atoms with Gasteiger partial charge in [-0.15, -0.1) is 0 Å². The lowest BCUT2D eigenvalue weighted by molar-refractivity contribution is 0.419. The molecule has 0 radical (unpaired) electrons. The number of nitrogens with one attached hydrogen (secondary N) is 1. The van der Waals surface area contributed by atoms with Gasteiger partial charge in [0, 0.05) is 22.7 Å². The van der Waals surface area contributed by atoms with Crippen molar-refractivity contribution in [2.75, 3.05) is 0 Å². The van der Waals surface area contributed by atoms with Crippen LogP contribution >= 0.6 is 11.6 Å². The first kappa shape index (κ1) is 14.9. The number of aromatic hydroxyl groups is 1. The molecule has 3 heteroatoms. The van der Waals surface area contributed by atoms with Gasteiger partial charge in [0.25, 0.3) is 0 Å². The first-order valence-corrected chi connectivity index (χ1v) is 7.29. The second kappa shape index (κ2) is 6.78. The van der Waals surface area contributed by atoms with Crippen molar-refractivity contribution in [2.24, 2.45) is 0 Å². The third kappa shape index (κ3) is 3.53. The van der Waals surface area contributed by atoms with Crippen molar-refractivity contribution in [1.82, 2.24) is 5.32 Å². The third-order valence-electron chi connectivity index (χ3n) is 3.54. The van der Waals surface area contributed by atoms with E-state index in [9.17, 15) is 5.11 Å². The molecule has 0 spiro atoms. The van der Waals surface area contributed by atoms with Crippen LogP contribution in [0, 0.1) is 0 Å². The van der Waals surface area contributed by atoms with E-state index in [1.54, 1.807) is 6.07 Å². The minimum atomic E-state index is 0.127. The van der Waals surface area contributed by atoms with Crippen molar-refractivity contribution in [1.29, 1.82) is 0 Å². The number of hydrogen-bond acceptors (Lipinski definition) is 2. The van der Waals surface area contributed by atoms with Crippen LogP contribution in [0.4, 0.5) is 0 Å². The van der Waals surface area contributed by atoms with Crippen LogP contribution in [0.15, 0.2) is 48.5 Å². The van der Waals surface area contributed by atoms with Gasteiger partial charge in [-0.1, -0.05) is 48.9 Å². The van der Waals surface area contributed by atoms with Crippen molar-refractivity contribution < 1.29 is 5.11 Å². The fourth-order valence-electron chi connectivity index (χ4n) is 2.36. The molecule has 0 saturated heterocycles. The highest BCUT2D eigenvalue weighted by Gasteiger charge is 2.16. The maximum atomic E-state index is 9.97. The summed E-state index contributed by atoms with van der Waals surface area (Å²) < 4.78 is 0. The number of hydrogen-bond donors (Lipinski definition) is 2. The van der Waals surface area contributed by atoms with E-state index in [0.717, 1.165) is 17.0 Å². The number of phenols is 1. The molecule has 0 aliphatic rings. The Kier molecular flexibility index (Phi) is 5.05. The molecule has 2 N–H and O–H groups in total. The lowest BCUT2D eigenvalue weighted by Crippen LogP contribution is -2.24. The number of benzene rings is 2. The molecule has 0 heterocycles. The summed E-state index contributed by atoms with van der Waals surface area (Å²) in [7, 11) is 0. The van der Waals surface area contributed by atoms with Gasteiger partial charge < -0.3 is 10.4 Å². The molecule has 0 bridgehead atoms. The molecule has 2 rings (SSSR count). The summed E-state index contributed by atoms with van der Waals surface area (Å²) >= 11 is 5.91. The maximum absolute atomic E-state index is 9.97. The molecule has 0 amide bonds. The lowest BCUT2D eigenvalue weighted by atomic mass is 10.0. The summed E-state index contributed by atoms with van der Waals surface area (Å²) in [5, 5.41) is 14.3. The van der Waals surface area contributed by atoms with E-state index in [2.05, 4.69) is 19.2 Å². The summed E-state index contributed by atoms with van der Waals surface area (Å²) in [4.78, 5) is 0. The zero-order valence-electron chi connectivity index (χ0n) is 11.8. The SMILES string of the molecule is CCC(N[C@H](C)c1ccc(Cl)cc1)c1ccccc1O. The molecular weight excluding hydrogens is 270 g/mol. The normalized spacial score (nSPS) is 13.9. The first-order valence-electron chi connectivity index (χ1n) is 6.91. The summed E-state index contributed by atoms with van der Waals surface area (Å²) in [5.74, 6) is 0.343. The van der Waals surface area contributed by atoms with E-state index in [4.69, 9.17) is 11.6 Å². The highest BCUT2D eigenvalue weighted by Crippen LogP contribution is 2.28. The first-order chi connectivity index (χ1) is 9.61. The van der Waals surface area contributed by atoms with Gasteiger partial charge in [0.05, 0.1) is 0 Å². The zero-order chi connectivity index (χ0) is 14.5. The Morgan fingerprint density at radius 1 is 1.10 bits per heavy atom. The number of rotatable bonds is 5. The number of para-hydroxylation sites is 1. The van der Waals surface area contributed by atoms with Gasteiger partial charge in [-0.3, -0.25) is 0 Å². The van der Waals surface area contributed by atoms with Crippen molar-refractivity contribution in [2.45, 2.75) is 32.4 Å². The average Bonchev–Trinajstić information content (AvgIpc) is 2.46. The monoisotopic (exact) mass is 289 g/mol. The molecule has 2 atom stereocenters. The quantitative estimate of drug-likeness (QED) is 0.825. The smallest absolute Gasteiger partial charge is 0.120 e. The van der Waals surface area contributed by atoms with Gasteiger partial charge in [-0.2, -0.15) is 0 Å². The predicted octanol–water partition coefficient (Wildman–Crippen LogP) is 4.85. The fourth-order valence-corrected chi connectivity index (χ4v) is 2.49. The number of phenolic OH excluding ortho intramolecular Hbond substituents is 1. The average molecular weight is 290 g/mol. The van der Waals surface area contributed by atoms with E-state index in [1.807, 2.05) is 42.5 Å². The van der Waals surface area contributed by atoms with Crippen LogP contribution in [0.3, 0.4) is 0 Å². The van der Waals surface area contributed by atoms with Crippen LogP contribution in [0.2, 0.25) is 5.02 Å². The molecule has 0 aliphatic carbocycles. The molecule has 0 fully saturated rings. The van der Waals surface area contributed by atoms with Crippen molar-refractivity contribution >= 4 is 11.6 Å². The predicted molar refractivity (Wildman–Crippen MR) is 84.1 cm³/mol. The minimum absolute atomic E-state index is 0.127. The Balaban J connectivity index is 2.14. The Bertz CT molecular complexity index is 553. The highest BCUT2D eigenvalue weighted by molar-refractivity contribution is 6.30. The maximum Gasteiger partial charge on any atom is 0.120 e. The number of halogens is 1. The molecule has 0 aliphatic heterocycles. The third-order valence-corrected chi connectivity index (χ3v) is 3.79. The van der Waals surface area contributed by atoms with Crippen molar-refractivity contribution in [3.63, 3.8) is 0 Å². The largest absolute Gasteiger partial charge is 0.508 e. The van der Waals surface area contributed by atoms with Gasteiger partial charge >= 0.3 is 0 Å². The molecule has 20 heavy (non-hydrogen) atoms. The van der Waals surface area contributed by atoms with E-state index in [1.165, 1.54) is 5.56 Å². The second-order valence-corrected chi connectivity index (χ2v) is 5.40. The van der Waals surface area contributed by atoms with E-state index >= 15 is 0 Å². The van der Waals surface area contributed by atoms with Crippen molar-refractivity contribution in [3.8, 4) is 5.75 Å². The van der Waals surface area contributed by atoms with Crippen LogP contribution in [0.25, 0.3) is 0 Å². The minimum Gasteiger partial charge on any atom is -0.508 e. The summed E-state index contributed by atoms with van der Waals surface area (Å²) in [6.45, 7) is 4.23. The van der Waals surface area contributed by atoms with E-state index in [0.29, 0.717) is 5.75 Å². The van der Waals surface area contributed by atoms with Crippen LogP contribution in [-0.4, -0.2) is 5.11 Å². The van der Waals surface area contributed by atoms with E-state index < -0.39 is 0 Å². The molecule has 1 unspecified atom stereocenters. The van der Waals surface area contributed by atoms with Gasteiger partial charge in [-0.05, 0) is 37.1 Å². The van der Waals surface area contributed by atoms with Gasteiger partial charge in [0.1, 0.15) is 5.75 Å².